The number of amides is 6. The molecule has 3 aromatic rings. The van der Waals surface area contributed by atoms with Crippen molar-refractivity contribution in [2.45, 2.75) is 76.3 Å². The Labute approximate surface area is 351 Å². The van der Waals surface area contributed by atoms with Gasteiger partial charge in [0.2, 0.25) is 23.6 Å². The van der Waals surface area contributed by atoms with Crippen LogP contribution < -0.4 is 16.0 Å². The largest absolute Gasteiger partial charge is 0.382 e. The van der Waals surface area contributed by atoms with E-state index in [-0.39, 0.29) is 49.1 Å². The number of likely N-dealkylation sites (tertiary alicyclic amines) is 2. The van der Waals surface area contributed by atoms with Gasteiger partial charge >= 0.3 is 0 Å². The molecule has 3 N–H and O–H groups in total. The van der Waals surface area contributed by atoms with E-state index in [1.807, 2.05) is 40.1 Å². The van der Waals surface area contributed by atoms with Gasteiger partial charge in [0, 0.05) is 93.1 Å². The Hall–Kier alpha value is -5.89. The van der Waals surface area contributed by atoms with Gasteiger partial charge in [-0.15, -0.1) is 0 Å². The number of hydrogen-bond donors (Lipinski definition) is 3. The lowest BCUT2D eigenvalue weighted by molar-refractivity contribution is -0.138. The van der Waals surface area contributed by atoms with E-state index in [9.17, 15) is 28.8 Å². The lowest BCUT2D eigenvalue weighted by Crippen LogP contribution is -2.52. The molecular weight excluding hydrogens is 763 g/mol. The van der Waals surface area contributed by atoms with Gasteiger partial charge in [0.1, 0.15) is 12.6 Å². The van der Waals surface area contributed by atoms with Crippen molar-refractivity contribution in [1.29, 1.82) is 0 Å². The zero-order chi connectivity index (χ0) is 41.8. The molecule has 60 heavy (non-hydrogen) atoms. The number of nitrogens with zero attached hydrogens (tertiary/aromatic N) is 4. The van der Waals surface area contributed by atoms with Crippen molar-refractivity contribution in [2.24, 2.45) is 5.92 Å². The summed E-state index contributed by atoms with van der Waals surface area (Å²) in [4.78, 5) is 84.9. The van der Waals surface area contributed by atoms with E-state index < -0.39 is 11.9 Å². The van der Waals surface area contributed by atoms with Gasteiger partial charge in [-0.25, -0.2) is 0 Å². The number of imide groups is 1. The fourth-order valence-corrected chi connectivity index (χ4v) is 8.70. The number of hydrogen-bond acceptors (Lipinski definition) is 9. The second kappa shape index (κ2) is 20.4. The zero-order valence-corrected chi connectivity index (χ0v) is 34.1. The molecule has 1 atom stereocenters. The summed E-state index contributed by atoms with van der Waals surface area (Å²) in [5.74, 6) is -0.125. The SMILES string of the molecule is O=C(/C=C/c1cccnc1)NCCCCC1CCN(C(=O)c2ccc(C3CCN(C(=O)COCCNc4cccc5c4CN(C4CCC(=O)NC4=O)C5=O)CC3)cc2)CC1. The molecule has 3 saturated heterocycles. The summed E-state index contributed by atoms with van der Waals surface area (Å²) in [6, 6.07) is 16.5. The van der Waals surface area contributed by atoms with Crippen LogP contribution in [0.4, 0.5) is 5.69 Å². The summed E-state index contributed by atoms with van der Waals surface area (Å²) >= 11 is 0. The van der Waals surface area contributed by atoms with Crippen molar-refractivity contribution in [1.82, 2.24) is 30.3 Å². The number of rotatable bonds is 16. The molecule has 0 spiro atoms. The summed E-state index contributed by atoms with van der Waals surface area (Å²) in [7, 11) is 0. The van der Waals surface area contributed by atoms with E-state index >= 15 is 0 Å². The highest BCUT2D eigenvalue weighted by Gasteiger charge is 2.40. The highest BCUT2D eigenvalue weighted by Crippen LogP contribution is 2.33. The normalized spacial score (nSPS) is 18.8. The fraction of sp³-hybridized carbons (Fsp3) is 0.457. The maximum atomic E-state index is 13.3. The summed E-state index contributed by atoms with van der Waals surface area (Å²) in [5.41, 5.74) is 4.91. The molecule has 4 aliphatic rings. The Balaban J connectivity index is 0.751. The average molecular weight is 818 g/mol. The van der Waals surface area contributed by atoms with Crippen LogP contribution in [0.5, 0.6) is 0 Å². The molecule has 7 rings (SSSR count). The maximum absolute atomic E-state index is 13.3. The van der Waals surface area contributed by atoms with Crippen molar-refractivity contribution >= 4 is 47.2 Å². The zero-order valence-electron chi connectivity index (χ0n) is 34.1. The number of fused-ring (bicyclic) bond motifs is 1. The Bertz CT molecular complexity index is 2040. The number of aromatic nitrogens is 1. The van der Waals surface area contributed by atoms with Crippen molar-refractivity contribution < 1.29 is 33.5 Å². The van der Waals surface area contributed by atoms with E-state index in [1.54, 1.807) is 36.7 Å². The lowest BCUT2D eigenvalue weighted by Gasteiger charge is -2.33. The third-order valence-electron chi connectivity index (χ3n) is 12.2. The van der Waals surface area contributed by atoms with Crippen LogP contribution in [0, 0.1) is 5.92 Å². The van der Waals surface area contributed by atoms with Gasteiger partial charge in [0.15, 0.2) is 0 Å². The van der Waals surface area contributed by atoms with E-state index in [4.69, 9.17) is 4.74 Å². The minimum Gasteiger partial charge on any atom is -0.382 e. The number of anilines is 1. The van der Waals surface area contributed by atoms with Gasteiger partial charge in [-0.05, 0) is 97.9 Å². The van der Waals surface area contributed by atoms with E-state index in [0.717, 1.165) is 74.8 Å². The molecule has 0 saturated carbocycles. The number of carbonyl (C=O) groups is 6. The van der Waals surface area contributed by atoms with Crippen LogP contribution >= 0.6 is 0 Å². The predicted octanol–water partition coefficient (Wildman–Crippen LogP) is 4.53. The molecule has 0 aliphatic carbocycles. The highest BCUT2D eigenvalue weighted by atomic mass is 16.5. The molecule has 1 unspecified atom stereocenters. The van der Waals surface area contributed by atoms with Gasteiger partial charge in [-0.3, -0.25) is 39.1 Å². The molecule has 14 nitrogen and oxygen atoms in total. The molecular formula is C46H55N7O7. The molecule has 14 heteroatoms. The fourth-order valence-electron chi connectivity index (χ4n) is 8.70. The second-order valence-electron chi connectivity index (χ2n) is 16.1. The van der Waals surface area contributed by atoms with Crippen LogP contribution in [-0.2, 0) is 30.5 Å². The van der Waals surface area contributed by atoms with Crippen LogP contribution in [0.3, 0.4) is 0 Å². The number of benzene rings is 2. The molecule has 5 heterocycles. The molecule has 3 fully saturated rings. The van der Waals surface area contributed by atoms with Gasteiger partial charge in [-0.1, -0.05) is 37.1 Å². The van der Waals surface area contributed by atoms with Gasteiger partial charge < -0.3 is 30.1 Å². The third-order valence-corrected chi connectivity index (χ3v) is 12.2. The number of pyridine rings is 1. The monoisotopic (exact) mass is 817 g/mol. The predicted molar refractivity (Wildman–Crippen MR) is 226 cm³/mol. The first-order valence-corrected chi connectivity index (χ1v) is 21.3. The standard InChI is InChI=1S/C46H55N7O7/c54-41(15-9-33-6-4-21-47-29-33)49-22-2-1-5-32-17-24-52(25-18-32)45(58)36-12-10-34(11-13-36)35-19-26-51(27-20-35)43(56)31-60-28-23-48-39-8-3-7-37-38(39)30-53(46(37)59)40-14-16-42(55)50-44(40)57/h3-4,6-13,15,21,29,32,35,40,48H,1-2,5,14,16-20,22-28,30-31H2,(H,49,54)(H,50,55,57)/b15-9+. The van der Waals surface area contributed by atoms with Crippen molar-refractivity contribution in [3.05, 3.63) is 101 Å². The Morgan fingerprint density at radius 1 is 0.867 bits per heavy atom. The van der Waals surface area contributed by atoms with E-state index in [1.165, 1.54) is 10.5 Å². The van der Waals surface area contributed by atoms with Gasteiger partial charge in [-0.2, -0.15) is 0 Å². The van der Waals surface area contributed by atoms with Crippen LogP contribution in [0.1, 0.15) is 101 Å². The number of piperidine rings is 3. The van der Waals surface area contributed by atoms with Crippen molar-refractivity contribution in [3.8, 4) is 0 Å². The van der Waals surface area contributed by atoms with Crippen LogP contribution in [0.2, 0.25) is 0 Å². The quantitative estimate of drug-likeness (QED) is 0.107. The number of nitrogens with one attached hydrogen (secondary N) is 3. The molecule has 1 aromatic heterocycles. The highest BCUT2D eigenvalue weighted by molar-refractivity contribution is 6.06. The lowest BCUT2D eigenvalue weighted by atomic mass is 9.88. The third kappa shape index (κ3) is 10.8. The molecule has 0 bridgehead atoms. The van der Waals surface area contributed by atoms with Gasteiger partial charge in [0.05, 0.1) is 6.61 Å². The van der Waals surface area contributed by atoms with Gasteiger partial charge in [0.25, 0.3) is 11.8 Å². The topological polar surface area (TPSA) is 170 Å². The first kappa shape index (κ1) is 42.2. The number of unbranched alkanes of at least 4 members (excludes halogenated alkanes) is 1. The average Bonchev–Trinajstić information content (AvgIpc) is 3.61. The summed E-state index contributed by atoms with van der Waals surface area (Å²) in [5, 5.41) is 8.60. The molecule has 0 radical (unpaired) electrons. The van der Waals surface area contributed by atoms with Crippen LogP contribution in [0.25, 0.3) is 6.08 Å². The second-order valence-corrected chi connectivity index (χ2v) is 16.1. The van der Waals surface area contributed by atoms with Crippen molar-refractivity contribution in [2.75, 3.05) is 57.8 Å². The van der Waals surface area contributed by atoms with Crippen LogP contribution in [-0.4, -0.2) is 114 Å². The number of carbonyl (C=O) groups excluding carboxylic acids is 6. The Morgan fingerprint density at radius 2 is 1.65 bits per heavy atom. The Kier molecular flexibility index (Phi) is 14.4. The number of ether oxygens (including phenoxy) is 1. The molecule has 316 valence electrons. The van der Waals surface area contributed by atoms with E-state index in [0.29, 0.717) is 62.2 Å². The van der Waals surface area contributed by atoms with Crippen LogP contribution in [0.15, 0.2) is 73.1 Å². The molecule has 4 aliphatic heterocycles. The minimum absolute atomic E-state index is 0.0128. The molecule has 2 aromatic carbocycles. The first-order chi connectivity index (χ1) is 29.2. The maximum Gasteiger partial charge on any atom is 0.255 e. The Morgan fingerprint density at radius 3 is 2.40 bits per heavy atom. The summed E-state index contributed by atoms with van der Waals surface area (Å²) in [6.45, 7) is 4.47. The molecule has 6 amide bonds. The first-order valence-electron chi connectivity index (χ1n) is 21.3. The summed E-state index contributed by atoms with van der Waals surface area (Å²) < 4.78 is 5.74. The summed E-state index contributed by atoms with van der Waals surface area (Å²) in [6.07, 6.45) is 14.0. The van der Waals surface area contributed by atoms with Crippen molar-refractivity contribution in [3.63, 3.8) is 0 Å². The minimum atomic E-state index is -0.671. The van der Waals surface area contributed by atoms with E-state index in [2.05, 4.69) is 33.1 Å². The smallest absolute Gasteiger partial charge is 0.255 e.